The summed E-state index contributed by atoms with van der Waals surface area (Å²) < 4.78 is 14.9. The van der Waals surface area contributed by atoms with Crippen molar-refractivity contribution in [2.45, 2.75) is 25.7 Å². The number of hydrogen-bond acceptors (Lipinski definition) is 3. The molecule has 6 heteroatoms. The van der Waals surface area contributed by atoms with Crippen LogP contribution in [0.5, 0.6) is 0 Å². The van der Waals surface area contributed by atoms with E-state index in [0.29, 0.717) is 12.1 Å². The van der Waals surface area contributed by atoms with E-state index in [1.54, 1.807) is 0 Å². The van der Waals surface area contributed by atoms with E-state index in [1.165, 1.54) is 24.3 Å². The average molecular weight is 353 g/mol. The molecule has 0 saturated carbocycles. The first-order chi connectivity index (χ1) is 12.6. The van der Waals surface area contributed by atoms with E-state index in [1.807, 2.05) is 35.0 Å². The molecule has 0 aliphatic rings. The summed E-state index contributed by atoms with van der Waals surface area (Å²) in [5.74, 6) is 0.253. The number of fused-ring (bicyclic) bond motifs is 1. The van der Waals surface area contributed by atoms with Crippen LogP contribution in [0.15, 0.2) is 54.9 Å². The molecular formula is C20H20FN3O2. The fourth-order valence-corrected chi connectivity index (χ4v) is 2.75. The highest BCUT2D eigenvalue weighted by atomic mass is 19.1. The Morgan fingerprint density at radius 3 is 2.69 bits per heavy atom. The second-order valence-electron chi connectivity index (χ2n) is 6.05. The molecule has 1 amide bonds. The Hall–Kier alpha value is -3.02. The van der Waals surface area contributed by atoms with E-state index in [4.69, 9.17) is 0 Å². The molecule has 0 fully saturated rings. The van der Waals surface area contributed by atoms with Crippen LogP contribution >= 0.6 is 0 Å². The highest BCUT2D eigenvalue weighted by molar-refractivity contribution is 5.97. The number of carbonyl (C=O) groups excluding carboxylic acids is 2. The summed E-state index contributed by atoms with van der Waals surface area (Å²) in [6.07, 6.45) is 5.57. The molecule has 1 aromatic carbocycles. The van der Waals surface area contributed by atoms with E-state index in [2.05, 4.69) is 10.3 Å². The van der Waals surface area contributed by atoms with Gasteiger partial charge in [0.05, 0.1) is 11.7 Å². The molecule has 0 bridgehead atoms. The Morgan fingerprint density at radius 2 is 1.88 bits per heavy atom. The van der Waals surface area contributed by atoms with Crippen molar-refractivity contribution in [3.8, 4) is 0 Å². The molecule has 2 heterocycles. The molecule has 0 spiro atoms. The highest BCUT2D eigenvalue weighted by Gasteiger charge is 2.09. The Bertz CT molecular complexity index is 903. The Labute approximate surface area is 150 Å². The number of nitrogens with one attached hydrogen (secondary N) is 1. The van der Waals surface area contributed by atoms with Crippen molar-refractivity contribution in [2.24, 2.45) is 0 Å². The quantitative estimate of drug-likeness (QED) is 0.500. The molecule has 0 aliphatic carbocycles. The van der Waals surface area contributed by atoms with Crippen LogP contribution < -0.4 is 5.32 Å². The second-order valence-corrected chi connectivity index (χ2v) is 6.05. The molecule has 0 aliphatic heterocycles. The number of imidazole rings is 1. The van der Waals surface area contributed by atoms with Gasteiger partial charge in [-0.05, 0) is 42.8 Å². The zero-order chi connectivity index (χ0) is 18.4. The molecule has 0 radical (unpaired) electrons. The third kappa shape index (κ3) is 4.53. The van der Waals surface area contributed by atoms with Gasteiger partial charge in [-0.1, -0.05) is 6.07 Å². The zero-order valence-corrected chi connectivity index (χ0v) is 14.3. The van der Waals surface area contributed by atoms with Crippen LogP contribution in [0.1, 0.15) is 35.4 Å². The lowest BCUT2D eigenvalue weighted by Crippen LogP contribution is -2.25. The Morgan fingerprint density at radius 1 is 1.08 bits per heavy atom. The summed E-state index contributed by atoms with van der Waals surface area (Å²) in [7, 11) is 0. The van der Waals surface area contributed by atoms with Crippen LogP contribution in [-0.2, 0) is 11.2 Å². The monoisotopic (exact) mass is 353 g/mol. The van der Waals surface area contributed by atoms with Crippen molar-refractivity contribution in [1.82, 2.24) is 14.7 Å². The van der Waals surface area contributed by atoms with Gasteiger partial charge in [-0.15, -0.1) is 0 Å². The predicted octanol–water partition coefficient (Wildman–Crippen LogP) is 3.19. The first-order valence-electron chi connectivity index (χ1n) is 8.60. The van der Waals surface area contributed by atoms with Crippen molar-refractivity contribution >= 4 is 17.2 Å². The molecule has 0 unspecified atom stereocenters. The van der Waals surface area contributed by atoms with Gasteiger partial charge in [0.2, 0.25) is 5.91 Å². The van der Waals surface area contributed by atoms with Crippen LogP contribution in [0.2, 0.25) is 0 Å². The molecule has 0 atom stereocenters. The van der Waals surface area contributed by atoms with Gasteiger partial charge in [-0.2, -0.15) is 0 Å². The maximum Gasteiger partial charge on any atom is 0.220 e. The maximum absolute atomic E-state index is 12.8. The van der Waals surface area contributed by atoms with E-state index in [0.717, 1.165) is 24.2 Å². The van der Waals surface area contributed by atoms with E-state index >= 15 is 0 Å². The Balaban J connectivity index is 1.38. The van der Waals surface area contributed by atoms with Crippen molar-refractivity contribution < 1.29 is 14.0 Å². The summed E-state index contributed by atoms with van der Waals surface area (Å²) in [6.45, 7) is 0.533. The average Bonchev–Trinajstić information content (AvgIpc) is 3.07. The third-order valence-corrected chi connectivity index (χ3v) is 4.16. The van der Waals surface area contributed by atoms with Gasteiger partial charge in [-0.3, -0.25) is 9.59 Å². The first kappa shape index (κ1) is 17.8. The number of aryl methyl sites for hydroxylation is 1. The number of rotatable bonds is 8. The number of Topliss-reactive ketones (excluding diaryl/α,β-unsaturated/α-hetero) is 1. The lowest BCUT2D eigenvalue weighted by molar-refractivity contribution is -0.121. The largest absolute Gasteiger partial charge is 0.356 e. The van der Waals surface area contributed by atoms with Crippen molar-refractivity contribution in [3.63, 3.8) is 0 Å². The minimum atomic E-state index is -0.385. The molecule has 5 nitrogen and oxygen atoms in total. The van der Waals surface area contributed by atoms with Gasteiger partial charge < -0.3 is 9.72 Å². The fourth-order valence-electron chi connectivity index (χ4n) is 2.75. The van der Waals surface area contributed by atoms with Gasteiger partial charge in [0, 0.05) is 37.6 Å². The summed E-state index contributed by atoms with van der Waals surface area (Å²) >= 11 is 0. The van der Waals surface area contributed by atoms with Crippen LogP contribution in [0.4, 0.5) is 4.39 Å². The number of benzene rings is 1. The van der Waals surface area contributed by atoms with Gasteiger partial charge >= 0.3 is 0 Å². The molecule has 3 aromatic rings. The highest BCUT2D eigenvalue weighted by Crippen LogP contribution is 2.09. The Kier molecular flexibility index (Phi) is 5.73. The maximum atomic E-state index is 12.8. The topological polar surface area (TPSA) is 63.5 Å². The molecule has 134 valence electrons. The molecule has 2 aromatic heterocycles. The molecule has 1 N–H and O–H groups in total. The molecule has 26 heavy (non-hydrogen) atoms. The van der Waals surface area contributed by atoms with Crippen LogP contribution in [0, 0.1) is 5.82 Å². The number of pyridine rings is 1. The molecule has 3 rings (SSSR count). The van der Waals surface area contributed by atoms with E-state index in [-0.39, 0.29) is 30.3 Å². The van der Waals surface area contributed by atoms with Gasteiger partial charge in [0.25, 0.3) is 0 Å². The van der Waals surface area contributed by atoms with Crippen molar-refractivity contribution in [3.05, 3.63) is 72.1 Å². The summed E-state index contributed by atoms with van der Waals surface area (Å²) in [4.78, 5) is 28.2. The zero-order valence-electron chi connectivity index (χ0n) is 14.3. The number of nitrogens with zero attached hydrogens (tertiary/aromatic N) is 2. The van der Waals surface area contributed by atoms with Crippen LogP contribution in [0.3, 0.4) is 0 Å². The first-order valence-corrected chi connectivity index (χ1v) is 8.60. The van der Waals surface area contributed by atoms with Crippen LogP contribution in [0.25, 0.3) is 5.52 Å². The number of ketones is 1. The summed E-state index contributed by atoms with van der Waals surface area (Å²) in [6, 6.07) is 11.3. The standard InChI is InChI=1S/C20H20FN3O2/c21-16-8-6-15(7-9-16)18(25)10-11-20(26)22-12-3-5-19-23-14-17-4-1-2-13-24(17)19/h1-2,4,6-9,13-14H,3,5,10-12H2,(H,22,26). The lowest BCUT2D eigenvalue weighted by atomic mass is 10.1. The number of aromatic nitrogens is 2. The van der Waals surface area contributed by atoms with Gasteiger partial charge in [0.1, 0.15) is 11.6 Å². The summed E-state index contributed by atoms with van der Waals surface area (Å²) in [5, 5.41) is 2.82. The predicted molar refractivity (Wildman–Crippen MR) is 96.5 cm³/mol. The molecule has 0 saturated heterocycles. The number of hydrogen-bond donors (Lipinski definition) is 1. The number of carbonyl (C=O) groups is 2. The fraction of sp³-hybridized carbons (Fsp3) is 0.250. The normalized spacial score (nSPS) is 10.8. The summed E-state index contributed by atoms with van der Waals surface area (Å²) in [5.41, 5.74) is 1.47. The van der Waals surface area contributed by atoms with Crippen molar-refractivity contribution in [1.29, 1.82) is 0 Å². The van der Waals surface area contributed by atoms with Crippen LogP contribution in [-0.4, -0.2) is 27.6 Å². The minimum Gasteiger partial charge on any atom is -0.356 e. The SMILES string of the molecule is O=C(CCC(=O)c1ccc(F)cc1)NCCCc1ncc2ccccn12. The minimum absolute atomic E-state index is 0.113. The second kappa shape index (κ2) is 8.38. The smallest absolute Gasteiger partial charge is 0.220 e. The number of amides is 1. The van der Waals surface area contributed by atoms with Crippen molar-refractivity contribution in [2.75, 3.05) is 6.54 Å². The molecular weight excluding hydrogens is 333 g/mol. The van der Waals surface area contributed by atoms with E-state index in [9.17, 15) is 14.0 Å². The van der Waals surface area contributed by atoms with Gasteiger partial charge in [-0.25, -0.2) is 9.37 Å². The number of halogens is 1. The van der Waals surface area contributed by atoms with Gasteiger partial charge in [0.15, 0.2) is 5.78 Å². The lowest BCUT2D eigenvalue weighted by Gasteiger charge is -2.05. The van der Waals surface area contributed by atoms with E-state index < -0.39 is 0 Å². The third-order valence-electron chi connectivity index (χ3n) is 4.16.